The van der Waals surface area contributed by atoms with Crippen molar-refractivity contribution < 1.29 is 18.9 Å². The van der Waals surface area contributed by atoms with Crippen LogP contribution in [0.4, 0.5) is 14.9 Å². The van der Waals surface area contributed by atoms with Crippen molar-refractivity contribution >= 4 is 17.6 Å². The van der Waals surface area contributed by atoms with Crippen LogP contribution in [0.5, 0.6) is 0 Å². The number of nitro benzene ring substituents is 1. The van der Waals surface area contributed by atoms with Crippen molar-refractivity contribution in [1.82, 2.24) is 16.0 Å². The zero-order chi connectivity index (χ0) is 21.2. The van der Waals surface area contributed by atoms with E-state index in [1.165, 1.54) is 24.3 Å². The van der Waals surface area contributed by atoms with Gasteiger partial charge in [-0.2, -0.15) is 0 Å². The Labute approximate surface area is 167 Å². The number of amides is 3. The first-order valence-electron chi connectivity index (χ1n) is 9.19. The smallest absolute Gasteiger partial charge is 0.315 e. The molecule has 1 unspecified atom stereocenters. The van der Waals surface area contributed by atoms with Crippen LogP contribution in [0.1, 0.15) is 30.9 Å². The van der Waals surface area contributed by atoms with Crippen molar-refractivity contribution in [2.75, 3.05) is 0 Å². The van der Waals surface area contributed by atoms with Gasteiger partial charge in [-0.1, -0.05) is 37.6 Å². The van der Waals surface area contributed by atoms with E-state index in [-0.39, 0.29) is 30.5 Å². The molecule has 0 aliphatic carbocycles. The van der Waals surface area contributed by atoms with Crippen LogP contribution >= 0.6 is 0 Å². The van der Waals surface area contributed by atoms with E-state index < -0.39 is 17.0 Å². The van der Waals surface area contributed by atoms with E-state index in [1.54, 1.807) is 24.3 Å². The van der Waals surface area contributed by atoms with Gasteiger partial charge < -0.3 is 16.0 Å². The molecule has 0 saturated carbocycles. The summed E-state index contributed by atoms with van der Waals surface area (Å²) in [6, 6.07) is 10.4. The minimum Gasteiger partial charge on any atom is -0.350 e. The van der Waals surface area contributed by atoms with Gasteiger partial charge in [-0.15, -0.1) is 0 Å². The topological polar surface area (TPSA) is 113 Å². The van der Waals surface area contributed by atoms with E-state index >= 15 is 0 Å². The fraction of sp³-hybridized carbons (Fsp3) is 0.300. The van der Waals surface area contributed by atoms with Gasteiger partial charge in [0.2, 0.25) is 5.91 Å². The van der Waals surface area contributed by atoms with Gasteiger partial charge in [-0.3, -0.25) is 14.9 Å². The Hall–Kier alpha value is -3.49. The number of carbonyl (C=O) groups is 2. The monoisotopic (exact) mass is 402 g/mol. The van der Waals surface area contributed by atoms with Gasteiger partial charge in [0.1, 0.15) is 11.9 Å². The highest BCUT2D eigenvalue weighted by Gasteiger charge is 2.19. The molecule has 3 amide bonds. The second-order valence-electron chi connectivity index (χ2n) is 6.44. The average molecular weight is 402 g/mol. The maximum atomic E-state index is 12.9. The van der Waals surface area contributed by atoms with Crippen molar-refractivity contribution in [1.29, 1.82) is 0 Å². The van der Waals surface area contributed by atoms with E-state index in [2.05, 4.69) is 16.0 Å². The molecule has 154 valence electrons. The summed E-state index contributed by atoms with van der Waals surface area (Å²) in [6.45, 7) is 2.29. The van der Waals surface area contributed by atoms with Gasteiger partial charge in [0.05, 0.1) is 4.92 Å². The van der Waals surface area contributed by atoms with Crippen LogP contribution in [0, 0.1) is 15.9 Å². The summed E-state index contributed by atoms with van der Waals surface area (Å²) in [5.74, 6) is -0.701. The lowest BCUT2D eigenvalue weighted by molar-refractivity contribution is -0.384. The van der Waals surface area contributed by atoms with Gasteiger partial charge in [-0.25, -0.2) is 9.18 Å². The summed E-state index contributed by atoms with van der Waals surface area (Å²) >= 11 is 0. The molecule has 2 aromatic carbocycles. The number of nitro groups is 1. The standard InChI is InChI=1S/C20H23FN4O4/c1-2-3-18(24-20(27)23-13-14-4-8-16(21)9-5-14)19(26)22-12-15-6-10-17(11-7-15)25(28)29/h4-11,18H,2-3,12-13H2,1H3,(H,22,26)(H2,23,24,27). The molecule has 2 rings (SSSR count). The number of nitrogens with one attached hydrogen (secondary N) is 3. The number of benzene rings is 2. The van der Waals surface area contributed by atoms with E-state index in [9.17, 15) is 24.1 Å². The van der Waals surface area contributed by atoms with E-state index in [4.69, 9.17) is 0 Å². The summed E-state index contributed by atoms with van der Waals surface area (Å²) in [5.41, 5.74) is 1.42. The van der Waals surface area contributed by atoms with Crippen LogP contribution < -0.4 is 16.0 Å². The highest BCUT2D eigenvalue weighted by Crippen LogP contribution is 2.11. The van der Waals surface area contributed by atoms with Crippen molar-refractivity contribution in [3.8, 4) is 0 Å². The van der Waals surface area contributed by atoms with Crippen LogP contribution in [0.2, 0.25) is 0 Å². The number of urea groups is 1. The molecule has 3 N–H and O–H groups in total. The molecule has 0 bridgehead atoms. The Morgan fingerprint density at radius 2 is 1.55 bits per heavy atom. The predicted molar refractivity (Wildman–Crippen MR) is 105 cm³/mol. The fourth-order valence-corrected chi connectivity index (χ4v) is 2.60. The molecule has 9 heteroatoms. The first-order valence-corrected chi connectivity index (χ1v) is 9.19. The predicted octanol–water partition coefficient (Wildman–Crippen LogP) is 3.02. The molecular weight excluding hydrogens is 379 g/mol. The zero-order valence-electron chi connectivity index (χ0n) is 16.0. The Bertz CT molecular complexity index is 841. The summed E-state index contributed by atoms with van der Waals surface area (Å²) in [5, 5.41) is 18.7. The number of hydrogen-bond acceptors (Lipinski definition) is 4. The van der Waals surface area contributed by atoms with Crippen molar-refractivity contribution in [3.63, 3.8) is 0 Å². The van der Waals surface area contributed by atoms with E-state index in [0.717, 1.165) is 5.56 Å². The van der Waals surface area contributed by atoms with Crippen LogP contribution in [-0.4, -0.2) is 22.9 Å². The van der Waals surface area contributed by atoms with Crippen LogP contribution in [0.3, 0.4) is 0 Å². The van der Waals surface area contributed by atoms with Gasteiger partial charge in [0, 0.05) is 25.2 Å². The summed E-state index contributed by atoms with van der Waals surface area (Å²) in [7, 11) is 0. The third-order valence-electron chi connectivity index (χ3n) is 4.18. The van der Waals surface area contributed by atoms with Crippen LogP contribution in [-0.2, 0) is 17.9 Å². The molecule has 0 saturated heterocycles. The number of non-ortho nitro benzene ring substituents is 1. The van der Waals surface area contributed by atoms with Gasteiger partial charge in [0.15, 0.2) is 0 Å². The minimum absolute atomic E-state index is 0.0246. The fourth-order valence-electron chi connectivity index (χ4n) is 2.60. The van der Waals surface area contributed by atoms with Crippen LogP contribution in [0.15, 0.2) is 48.5 Å². The Morgan fingerprint density at radius 1 is 1.00 bits per heavy atom. The largest absolute Gasteiger partial charge is 0.350 e. The first kappa shape index (κ1) is 21.8. The third kappa shape index (κ3) is 7.21. The molecular formula is C20H23FN4O4. The highest BCUT2D eigenvalue weighted by atomic mass is 19.1. The Kier molecular flexibility index (Phi) is 8.08. The summed E-state index contributed by atoms with van der Waals surface area (Å²) < 4.78 is 12.9. The Morgan fingerprint density at radius 3 is 2.10 bits per heavy atom. The number of halogens is 1. The maximum Gasteiger partial charge on any atom is 0.315 e. The molecule has 8 nitrogen and oxygen atoms in total. The molecule has 0 radical (unpaired) electrons. The molecule has 2 aromatic rings. The molecule has 0 fully saturated rings. The second-order valence-corrected chi connectivity index (χ2v) is 6.44. The molecule has 29 heavy (non-hydrogen) atoms. The quantitative estimate of drug-likeness (QED) is 0.442. The van der Waals surface area contributed by atoms with Crippen molar-refractivity contribution in [2.24, 2.45) is 0 Å². The first-order chi connectivity index (χ1) is 13.9. The maximum absolute atomic E-state index is 12.9. The number of carbonyl (C=O) groups excluding carboxylic acids is 2. The minimum atomic E-state index is -0.716. The van der Waals surface area contributed by atoms with Crippen LogP contribution in [0.25, 0.3) is 0 Å². The van der Waals surface area contributed by atoms with E-state index in [1.807, 2.05) is 6.92 Å². The second kappa shape index (κ2) is 10.7. The summed E-state index contributed by atoms with van der Waals surface area (Å²) in [6.07, 6.45) is 1.14. The summed E-state index contributed by atoms with van der Waals surface area (Å²) in [4.78, 5) is 34.7. The lowest BCUT2D eigenvalue weighted by Crippen LogP contribution is -2.49. The number of rotatable bonds is 9. The third-order valence-corrected chi connectivity index (χ3v) is 4.18. The zero-order valence-corrected chi connectivity index (χ0v) is 16.0. The van der Waals surface area contributed by atoms with Gasteiger partial charge in [-0.05, 0) is 29.7 Å². The normalized spacial score (nSPS) is 11.4. The van der Waals surface area contributed by atoms with E-state index in [0.29, 0.717) is 18.4 Å². The highest BCUT2D eigenvalue weighted by molar-refractivity contribution is 5.86. The Balaban J connectivity index is 1.84. The molecule has 1 atom stereocenters. The molecule has 0 spiro atoms. The average Bonchev–Trinajstić information content (AvgIpc) is 2.71. The van der Waals surface area contributed by atoms with Gasteiger partial charge in [0.25, 0.3) is 5.69 Å². The number of hydrogen-bond donors (Lipinski definition) is 3. The molecule has 0 aromatic heterocycles. The molecule has 0 aliphatic rings. The number of nitrogens with zero attached hydrogens (tertiary/aromatic N) is 1. The lowest BCUT2D eigenvalue weighted by Gasteiger charge is -2.18. The molecule has 0 aliphatic heterocycles. The lowest BCUT2D eigenvalue weighted by atomic mass is 10.1. The van der Waals surface area contributed by atoms with Crippen molar-refractivity contribution in [2.45, 2.75) is 38.9 Å². The van der Waals surface area contributed by atoms with Gasteiger partial charge >= 0.3 is 6.03 Å². The molecule has 0 heterocycles. The van der Waals surface area contributed by atoms with Crippen molar-refractivity contribution in [3.05, 3.63) is 75.6 Å². The SMILES string of the molecule is CCCC(NC(=O)NCc1ccc(F)cc1)C(=O)NCc1ccc([N+](=O)[O-])cc1.